The van der Waals surface area contributed by atoms with E-state index >= 15 is 0 Å². The Morgan fingerprint density at radius 3 is 2.53 bits per heavy atom. The van der Waals surface area contributed by atoms with E-state index in [9.17, 15) is 4.79 Å². The molecular weight excluding hydrogens is 234 g/mol. The van der Waals surface area contributed by atoms with Crippen LogP contribution < -0.4 is 11.1 Å². The second-order valence-electron chi connectivity index (χ2n) is 4.85. The molecule has 1 fully saturated rings. The first-order chi connectivity index (χ1) is 7.95. The fourth-order valence-electron chi connectivity index (χ4n) is 1.72. The van der Waals surface area contributed by atoms with Crippen molar-refractivity contribution in [2.75, 3.05) is 13.1 Å². The molecule has 5 heteroatoms. The number of thiocarbonyl (C=S) groups is 1. The summed E-state index contributed by atoms with van der Waals surface area (Å²) < 4.78 is 0. The summed E-state index contributed by atoms with van der Waals surface area (Å²) in [5.74, 6) is 0.255. The fourth-order valence-corrected chi connectivity index (χ4v) is 1.79. The van der Waals surface area contributed by atoms with Gasteiger partial charge in [0.2, 0.25) is 5.91 Å². The Bertz CT molecular complexity index is 291. The number of nitrogens with two attached hydrogens (primary N) is 1. The predicted octanol–water partition coefficient (Wildman–Crippen LogP) is 0.898. The molecule has 0 aromatic carbocycles. The molecule has 98 valence electrons. The molecule has 0 bridgehead atoms. The van der Waals surface area contributed by atoms with Gasteiger partial charge in [0.15, 0.2) is 0 Å². The van der Waals surface area contributed by atoms with Gasteiger partial charge in [-0.1, -0.05) is 26.1 Å². The molecule has 1 aliphatic rings. The van der Waals surface area contributed by atoms with Crippen molar-refractivity contribution >= 4 is 23.1 Å². The fraction of sp³-hybridized carbons (Fsp3) is 0.833. The van der Waals surface area contributed by atoms with Crippen LogP contribution in [0.25, 0.3) is 0 Å². The third-order valence-electron chi connectivity index (χ3n) is 3.25. The standard InChI is InChI=1S/C12H23N3OS/c1-4-15(7-8(2)11(13)17)9(3)12(16)14-10-5-6-10/h8-10H,4-7H2,1-3H3,(H2,13,17)(H,14,16). The van der Waals surface area contributed by atoms with Crippen LogP contribution in [0.3, 0.4) is 0 Å². The van der Waals surface area contributed by atoms with Gasteiger partial charge in [0.05, 0.1) is 11.0 Å². The summed E-state index contributed by atoms with van der Waals surface area (Å²) in [4.78, 5) is 14.6. The number of hydrogen-bond acceptors (Lipinski definition) is 3. The van der Waals surface area contributed by atoms with Crippen molar-refractivity contribution in [2.24, 2.45) is 11.7 Å². The zero-order valence-electron chi connectivity index (χ0n) is 10.9. The first-order valence-corrected chi connectivity index (χ1v) is 6.70. The lowest BCUT2D eigenvalue weighted by Crippen LogP contribution is -2.48. The van der Waals surface area contributed by atoms with E-state index in [-0.39, 0.29) is 17.9 Å². The van der Waals surface area contributed by atoms with Crippen molar-refractivity contribution in [3.63, 3.8) is 0 Å². The molecule has 2 unspecified atom stereocenters. The van der Waals surface area contributed by atoms with Gasteiger partial charge in [-0.3, -0.25) is 9.69 Å². The van der Waals surface area contributed by atoms with Crippen LogP contribution in [-0.2, 0) is 4.79 Å². The van der Waals surface area contributed by atoms with Gasteiger partial charge in [-0.25, -0.2) is 0 Å². The largest absolute Gasteiger partial charge is 0.393 e. The Hall–Kier alpha value is -0.680. The van der Waals surface area contributed by atoms with Crippen LogP contribution in [-0.4, -0.2) is 41.0 Å². The SMILES string of the molecule is CCN(CC(C)C(N)=S)C(C)C(=O)NC1CC1. The normalized spacial score (nSPS) is 18.8. The van der Waals surface area contributed by atoms with Gasteiger partial charge in [0, 0.05) is 18.5 Å². The van der Waals surface area contributed by atoms with E-state index in [0.29, 0.717) is 11.0 Å². The molecule has 0 radical (unpaired) electrons. The van der Waals surface area contributed by atoms with Gasteiger partial charge < -0.3 is 11.1 Å². The molecule has 1 rings (SSSR count). The van der Waals surface area contributed by atoms with Crippen LogP contribution >= 0.6 is 12.2 Å². The second-order valence-corrected chi connectivity index (χ2v) is 5.32. The molecule has 0 aromatic heterocycles. The summed E-state index contributed by atoms with van der Waals surface area (Å²) in [5, 5.41) is 3.03. The Kier molecular flexibility index (Phi) is 5.33. The highest BCUT2D eigenvalue weighted by atomic mass is 32.1. The summed E-state index contributed by atoms with van der Waals surface area (Å²) in [7, 11) is 0. The van der Waals surface area contributed by atoms with E-state index < -0.39 is 0 Å². The smallest absolute Gasteiger partial charge is 0.237 e. The highest BCUT2D eigenvalue weighted by molar-refractivity contribution is 7.80. The van der Waals surface area contributed by atoms with Gasteiger partial charge in [-0.15, -0.1) is 0 Å². The van der Waals surface area contributed by atoms with Gasteiger partial charge in [-0.2, -0.15) is 0 Å². The highest BCUT2D eigenvalue weighted by Crippen LogP contribution is 2.19. The maximum Gasteiger partial charge on any atom is 0.237 e. The van der Waals surface area contributed by atoms with E-state index in [1.54, 1.807) is 0 Å². The van der Waals surface area contributed by atoms with Crippen LogP contribution in [0.1, 0.15) is 33.6 Å². The maximum absolute atomic E-state index is 11.9. The molecule has 1 aliphatic carbocycles. The molecule has 1 saturated carbocycles. The number of likely N-dealkylation sites (N-methyl/N-ethyl adjacent to an activating group) is 1. The lowest BCUT2D eigenvalue weighted by Gasteiger charge is -2.29. The van der Waals surface area contributed by atoms with Crippen LogP contribution in [0, 0.1) is 5.92 Å². The number of hydrogen-bond donors (Lipinski definition) is 2. The van der Waals surface area contributed by atoms with E-state index in [2.05, 4.69) is 10.2 Å². The van der Waals surface area contributed by atoms with Gasteiger partial charge in [-0.05, 0) is 26.3 Å². The first-order valence-electron chi connectivity index (χ1n) is 6.29. The number of rotatable bonds is 7. The van der Waals surface area contributed by atoms with E-state index in [1.807, 2.05) is 20.8 Å². The summed E-state index contributed by atoms with van der Waals surface area (Å²) in [6.07, 6.45) is 2.24. The van der Waals surface area contributed by atoms with E-state index in [4.69, 9.17) is 18.0 Å². The number of carbonyl (C=O) groups excluding carboxylic acids is 1. The van der Waals surface area contributed by atoms with Crippen LogP contribution in [0.15, 0.2) is 0 Å². The number of nitrogens with zero attached hydrogens (tertiary/aromatic N) is 1. The molecule has 0 saturated heterocycles. The average molecular weight is 257 g/mol. The topological polar surface area (TPSA) is 58.4 Å². The molecule has 3 N–H and O–H groups in total. The Morgan fingerprint density at radius 1 is 1.53 bits per heavy atom. The minimum atomic E-state index is -0.114. The van der Waals surface area contributed by atoms with Crippen molar-refractivity contribution in [2.45, 2.75) is 45.7 Å². The monoisotopic (exact) mass is 257 g/mol. The van der Waals surface area contributed by atoms with Crippen molar-refractivity contribution in [1.29, 1.82) is 0 Å². The van der Waals surface area contributed by atoms with Crippen molar-refractivity contribution in [3.8, 4) is 0 Å². The van der Waals surface area contributed by atoms with Gasteiger partial charge >= 0.3 is 0 Å². The molecular formula is C12H23N3OS. The van der Waals surface area contributed by atoms with Crippen molar-refractivity contribution in [1.82, 2.24) is 10.2 Å². The van der Waals surface area contributed by atoms with Gasteiger partial charge in [0.1, 0.15) is 0 Å². The summed E-state index contributed by atoms with van der Waals surface area (Å²) in [5.41, 5.74) is 5.61. The number of nitrogens with one attached hydrogen (secondary N) is 1. The molecule has 2 atom stereocenters. The van der Waals surface area contributed by atoms with E-state index in [0.717, 1.165) is 25.9 Å². The zero-order valence-corrected chi connectivity index (χ0v) is 11.7. The third-order valence-corrected chi connectivity index (χ3v) is 3.65. The van der Waals surface area contributed by atoms with Crippen LogP contribution in [0.2, 0.25) is 0 Å². The Labute approximate surface area is 109 Å². The quantitative estimate of drug-likeness (QED) is 0.665. The summed E-state index contributed by atoms with van der Waals surface area (Å²) in [6.45, 7) is 7.55. The summed E-state index contributed by atoms with van der Waals surface area (Å²) >= 11 is 4.97. The molecule has 1 amide bonds. The number of carbonyl (C=O) groups is 1. The summed E-state index contributed by atoms with van der Waals surface area (Å²) in [6, 6.07) is 0.300. The molecule has 4 nitrogen and oxygen atoms in total. The Balaban J connectivity index is 2.46. The Morgan fingerprint density at radius 2 is 2.12 bits per heavy atom. The second kappa shape index (κ2) is 6.31. The van der Waals surface area contributed by atoms with Crippen LogP contribution in [0.4, 0.5) is 0 Å². The van der Waals surface area contributed by atoms with Crippen molar-refractivity contribution < 1.29 is 4.79 Å². The van der Waals surface area contributed by atoms with Gasteiger partial charge in [0.25, 0.3) is 0 Å². The molecule has 0 aliphatic heterocycles. The average Bonchev–Trinajstić information content (AvgIpc) is 3.08. The maximum atomic E-state index is 11.9. The minimum Gasteiger partial charge on any atom is -0.393 e. The lowest BCUT2D eigenvalue weighted by atomic mass is 10.1. The lowest BCUT2D eigenvalue weighted by molar-refractivity contribution is -0.126. The van der Waals surface area contributed by atoms with Crippen LogP contribution in [0.5, 0.6) is 0 Å². The van der Waals surface area contributed by atoms with E-state index in [1.165, 1.54) is 0 Å². The minimum absolute atomic E-state index is 0.114. The molecule has 17 heavy (non-hydrogen) atoms. The molecule has 0 aromatic rings. The molecule has 0 heterocycles. The third kappa shape index (κ3) is 4.60. The highest BCUT2D eigenvalue weighted by Gasteiger charge is 2.28. The number of amides is 1. The molecule has 0 spiro atoms. The predicted molar refractivity (Wildman–Crippen MR) is 73.8 cm³/mol. The first kappa shape index (κ1) is 14.4. The zero-order chi connectivity index (χ0) is 13.0. The van der Waals surface area contributed by atoms with Crippen molar-refractivity contribution in [3.05, 3.63) is 0 Å².